The Morgan fingerprint density at radius 1 is 1.56 bits per heavy atom. The smallest absolute Gasteiger partial charge is 0.307 e. The highest BCUT2D eigenvalue weighted by Gasteiger charge is 2.34. The average molecular weight is 242 g/mol. The molecule has 5 nitrogen and oxygen atoms in total. The number of halogens is 1. The third-order valence-electron chi connectivity index (χ3n) is 2.22. The molecule has 1 aromatic carbocycles. The van der Waals surface area contributed by atoms with Gasteiger partial charge in [-0.05, 0) is 19.1 Å². The van der Waals surface area contributed by atoms with Gasteiger partial charge in [0.2, 0.25) is 0 Å². The van der Waals surface area contributed by atoms with E-state index < -0.39 is 11.5 Å². The summed E-state index contributed by atoms with van der Waals surface area (Å²) in [4.78, 5) is 22.7. The van der Waals surface area contributed by atoms with Crippen molar-refractivity contribution in [3.63, 3.8) is 0 Å². The number of carbonyl (C=O) groups excluding carboxylic acids is 2. The number of hydrogen-bond donors (Lipinski definition) is 1. The van der Waals surface area contributed by atoms with Gasteiger partial charge < -0.3 is 4.74 Å². The van der Waals surface area contributed by atoms with Crippen LogP contribution in [0.1, 0.15) is 17.3 Å². The van der Waals surface area contributed by atoms with Crippen molar-refractivity contribution in [2.75, 3.05) is 5.06 Å². The predicted molar refractivity (Wildman–Crippen MR) is 56.0 cm³/mol. The van der Waals surface area contributed by atoms with Crippen LogP contribution in [0.3, 0.4) is 0 Å². The summed E-state index contributed by atoms with van der Waals surface area (Å²) < 4.78 is 5.07. The van der Waals surface area contributed by atoms with Gasteiger partial charge in [0.1, 0.15) is 11.4 Å². The first-order valence-electron chi connectivity index (χ1n) is 4.50. The largest absolute Gasteiger partial charge is 0.463 e. The number of benzene rings is 1. The zero-order chi connectivity index (χ0) is 11.9. The van der Waals surface area contributed by atoms with Crippen molar-refractivity contribution >= 4 is 29.0 Å². The second kappa shape index (κ2) is 3.77. The number of carbonyl (C=O) groups is 2. The Kier molecular flexibility index (Phi) is 2.57. The van der Waals surface area contributed by atoms with Crippen LogP contribution in [0.2, 0.25) is 0 Å². The van der Waals surface area contributed by atoms with E-state index >= 15 is 0 Å². The monoisotopic (exact) mass is 241 g/mol. The van der Waals surface area contributed by atoms with Crippen molar-refractivity contribution in [3.8, 4) is 5.75 Å². The van der Waals surface area contributed by atoms with Gasteiger partial charge >= 0.3 is 5.91 Å². The first-order chi connectivity index (χ1) is 7.52. The lowest BCUT2D eigenvalue weighted by Crippen LogP contribution is -2.41. The number of Topliss-reactive ketones (excluding diaryl/α,β-unsaturated/α-hetero) is 1. The van der Waals surface area contributed by atoms with Crippen molar-refractivity contribution in [1.82, 2.24) is 0 Å². The molecule has 0 spiro atoms. The fourth-order valence-electron chi connectivity index (χ4n) is 1.49. The molecule has 0 aromatic heterocycles. The normalized spacial score (nSPS) is 19.1. The summed E-state index contributed by atoms with van der Waals surface area (Å²) >= 11 is 5.56. The Hall–Kier alpha value is -1.59. The number of hydroxylamine groups is 1. The van der Waals surface area contributed by atoms with Gasteiger partial charge in [0, 0.05) is 5.56 Å². The van der Waals surface area contributed by atoms with Crippen molar-refractivity contribution in [3.05, 3.63) is 23.8 Å². The van der Waals surface area contributed by atoms with Crippen LogP contribution < -0.4 is 9.80 Å². The molecule has 0 saturated heterocycles. The molecule has 84 valence electrons. The van der Waals surface area contributed by atoms with Crippen molar-refractivity contribution < 1.29 is 19.5 Å². The molecule has 1 aliphatic rings. The van der Waals surface area contributed by atoms with Crippen LogP contribution in [0, 0.1) is 0 Å². The molecule has 1 aromatic rings. The van der Waals surface area contributed by atoms with Gasteiger partial charge in [0.25, 0.3) is 5.56 Å². The van der Waals surface area contributed by atoms with Gasteiger partial charge in [-0.2, -0.15) is 5.06 Å². The molecule has 1 atom stereocenters. The number of ketones is 1. The van der Waals surface area contributed by atoms with Crippen LogP contribution in [0.25, 0.3) is 0 Å². The van der Waals surface area contributed by atoms with Gasteiger partial charge in [0.05, 0.1) is 0 Å². The van der Waals surface area contributed by atoms with Gasteiger partial charge in [-0.1, -0.05) is 17.7 Å². The van der Waals surface area contributed by atoms with E-state index in [-0.39, 0.29) is 22.8 Å². The van der Waals surface area contributed by atoms with E-state index in [0.29, 0.717) is 5.06 Å². The SMILES string of the molecule is CC(=O)c1cccc2c1N(O)C(=O)C(Cl)O2. The van der Waals surface area contributed by atoms with Crippen LogP contribution in [0.4, 0.5) is 5.69 Å². The van der Waals surface area contributed by atoms with E-state index in [9.17, 15) is 14.8 Å². The van der Waals surface area contributed by atoms with Crippen LogP contribution in [-0.4, -0.2) is 22.5 Å². The van der Waals surface area contributed by atoms with Crippen molar-refractivity contribution in [1.29, 1.82) is 0 Å². The number of anilines is 1. The highest BCUT2D eigenvalue weighted by Crippen LogP contribution is 2.37. The molecular formula is C10H8ClNO4. The summed E-state index contributed by atoms with van der Waals surface area (Å²) in [6.45, 7) is 1.33. The molecule has 6 heteroatoms. The molecule has 1 N–H and O–H groups in total. The van der Waals surface area contributed by atoms with Crippen LogP contribution in [0.15, 0.2) is 18.2 Å². The standard InChI is InChI=1S/C10H8ClNO4/c1-5(13)6-3-2-4-7-8(6)12(15)10(14)9(11)16-7/h2-4,9,15H,1H3. The number of alkyl halides is 1. The first kappa shape index (κ1) is 10.9. The molecule has 0 saturated carbocycles. The fourth-order valence-corrected chi connectivity index (χ4v) is 1.68. The lowest BCUT2D eigenvalue weighted by Gasteiger charge is -2.28. The van der Waals surface area contributed by atoms with Crippen LogP contribution >= 0.6 is 11.6 Å². The molecule has 0 fully saturated rings. The molecule has 1 amide bonds. The fraction of sp³-hybridized carbons (Fsp3) is 0.200. The molecular weight excluding hydrogens is 234 g/mol. The summed E-state index contributed by atoms with van der Waals surface area (Å²) in [6.07, 6.45) is 0. The Morgan fingerprint density at radius 3 is 2.88 bits per heavy atom. The Balaban J connectivity index is 2.62. The number of fused-ring (bicyclic) bond motifs is 1. The molecule has 0 radical (unpaired) electrons. The molecule has 1 unspecified atom stereocenters. The lowest BCUT2D eigenvalue weighted by atomic mass is 10.1. The van der Waals surface area contributed by atoms with E-state index in [4.69, 9.17) is 16.3 Å². The van der Waals surface area contributed by atoms with E-state index in [1.807, 2.05) is 0 Å². The van der Waals surface area contributed by atoms with E-state index in [2.05, 4.69) is 0 Å². The zero-order valence-corrected chi connectivity index (χ0v) is 9.06. The summed E-state index contributed by atoms with van der Waals surface area (Å²) in [7, 11) is 0. The highest BCUT2D eigenvalue weighted by molar-refractivity contribution is 6.32. The predicted octanol–water partition coefficient (Wildman–Crippen LogP) is 1.57. The number of hydrogen-bond acceptors (Lipinski definition) is 4. The average Bonchev–Trinajstić information content (AvgIpc) is 2.25. The molecule has 1 heterocycles. The molecule has 1 aliphatic heterocycles. The van der Waals surface area contributed by atoms with E-state index in [0.717, 1.165) is 0 Å². The van der Waals surface area contributed by atoms with Gasteiger partial charge in [0.15, 0.2) is 5.78 Å². The van der Waals surface area contributed by atoms with Gasteiger partial charge in [-0.25, -0.2) is 0 Å². The van der Waals surface area contributed by atoms with Gasteiger partial charge in [-0.3, -0.25) is 14.8 Å². The summed E-state index contributed by atoms with van der Waals surface area (Å²) in [5.74, 6) is -0.891. The Bertz CT molecular complexity index is 474. The summed E-state index contributed by atoms with van der Waals surface area (Å²) in [5, 5.41) is 9.95. The minimum Gasteiger partial charge on any atom is -0.463 e. The van der Waals surface area contributed by atoms with Gasteiger partial charge in [-0.15, -0.1) is 0 Å². The second-order valence-corrected chi connectivity index (χ2v) is 3.69. The lowest BCUT2D eigenvalue weighted by molar-refractivity contribution is -0.128. The van der Waals surface area contributed by atoms with Crippen molar-refractivity contribution in [2.45, 2.75) is 12.5 Å². The van der Waals surface area contributed by atoms with Crippen LogP contribution in [0.5, 0.6) is 5.75 Å². The Labute approximate surface area is 96.1 Å². The summed E-state index contributed by atoms with van der Waals surface area (Å²) in [6, 6.07) is 4.60. The number of nitrogens with zero attached hydrogens (tertiary/aromatic N) is 1. The quantitative estimate of drug-likeness (QED) is 0.460. The second-order valence-electron chi connectivity index (χ2n) is 3.29. The van der Waals surface area contributed by atoms with E-state index in [1.54, 1.807) is 6.07 Å². The van der Waals surface area contributed by atoms with E-state index in [1.165, 1.54) is 19.1 Å². The number of amides is 1. The molecule has 2 rings (SSSR count). The number of rotatable bonds is 1. The first-order valence-corrected chi connectivity index (χ1v) is 4.93. The number of para-hydroxylation sites is 1. The highest BCUT2D eigenvalue weighted by atomic mass is 35.5. The molecule has 16 heavy (non-hydrogen) atoms. The maximum atomic E-state index is 11.4. The van der Waals surface area contributed by atoms with Crippen LogP contribution in [-0.2, 0) is 4.79 Å². The molecule has 0 aliphatic carbocycles. The number of ether oxygens (including phenoxy) is 1. The summed E-state index contributed by atoms with van der Waals surface area (Å²) in [5.41, 5.74) is -1.03. The minimum absolute atomic E-state index is 0.0388. The minimum atomic E-state index is -1.28. The molecule has 0 bridgehead atoms. The Morgan fingerprint density at radius 2 is 2.25 bits per heavy atom. The topological polar surface area (TPSA) is 66.8 Å². The van der Waals surface area contributed by atoms with Crippen molar-refractivity contribution in [2.24, 2.45) is 0 Å². The third-order valence-corrected chi connectivity index (χ3v) is 2.50. The third kappa shape index (κ3) is 1.54. The maximum Gasteiger partial charge on any atom is 0.307 e. The maximum absolute atomic E-state index is 11.4. The zero-order valence-electron chi connectivity index (χ0n) is 8.31.